The predicted octanol–water partition coefficient (Wildman–Crippen LogP) is 2.47. The van der Waals surface area contributed by atoms with Gasteiger partial charge in [-0.3, -0.25) is 19.0 Å². The van der Waals surface area contributed by atoms with Crippen LogP contribution < -0.4 is 5.56 Å². The van der Waals surface area contributed by atoms with Gasteiger partial charge in [-0.2, -0.15) is 0 Å². The molecule has 1 N–H and O–H groups in total. The van der Waals surface area contributed by atoms with Crippen LogP contribution in [-0.4, -0.2) is 44.4 Å². The molecule has 4 heterocycles. The maximum absolute atomic E-state index is 13.4. The van der Waals surface area contributed by atoms with Crippen LogP contribution in [0.1, 0.15) is 51.7 Å². The second kappa shape index (κ2) is 6.31. The molecule has 5 rings (SSSR count). The number of benzene rings is 1. The summed E-state index contributed by atoms with van der Waals surface area (Å²) in [7, 11) is 0. The zero-order chi connectivity index (χ0) is 21.4. The number of amides is 2. The van der Waals surface area contributed by atoms with Crippen LogP contribution in [0.25, 0.3) is 0 Å². The van der Waals surface area contributed by atoms with Gasteiger partial charge in [0.1, 0.15) is 17.2 Å². The highest BCUT2D eigenvalue weighted by atomic mass is 35.5. The molecule has 1 aromatic carbocycles. The summed E-state index contributed by atoms with van der Waals surface area (Å²) in [6, 6.07) is 4.19. The predicted molar refractivity (Wildman–Crippen MR) is 106 cm³/mol. The Labute approximate surface area is 176 Å². The molecule has 3 aliphatic rings. The van der Waals surface area contributed by atoms with E-state index in [1.54, 1.807) is 4.90 Å². The van der Waals surface area contributed by atoms with E-state index < -0.39 is 28.7 Å². The first-order chi connectivity index (χ1) is 14.2. The summed E-state index contributed by atoms with van der Waals surface area (Å²) < 4.78 is 14.8. The van der Waals surface area contributed by atoms with Crippen molar-refractivity contribution in [2.45, 2.75) is 38.4 Å². The van der Waals surface area contributed by atoms with Gasteiger partial charge in [-0.05, 0) is 43.9 Å². The zero-order valence-electron chi connectivity index (χ0n) is 16.2. The summed E-state index contributed by atoms with van der Waals surface area (Å²) in [4.78, 5) is 42.4. The lowest BCUT2D eigenvalue weighted by Gasteiger charge is -2.32. The largest absolute Gasteiger partial charge is 0.502 e. The van der Waals surface area contributed by atoms with Crippen molar-refractivity contribution in [3.05, 3.63) is 61.8 Å². The number of pyridine rings is 1. The molecule has 0 bridgehead atoms. The third-order valence-corrected chi connectivity index (χ3v) is 6.78. The third-order valence-electron chi connectivity index (χ3n) is 6.49. The minimum Gasteiger partial charge on any atom is -0.502 e. The molecule has 156 valence electrons. The smallest absolute Gasteiger partial charge is 0.296 e. The molecular formula is C21H19ClFN3O4. The Morgan fingerprint density at radius 3 is 2.70 bits per heavy atom. The summed E-state index contributed by atoms with van der Waals surface area (Å²) >= 11 is 5.83. The van der Waals surface area contributed by atoms with Gasteiger partial charge in [0.25, 0.3) is 17.4 Å². The fourth-order valence-corrected chi connectivity index (χ4v) is 5.22. The van der Waals surface area contributed by atoms with Gasteiger partial charge < -0.3 is 14.9 Å². The molecule has 1 fully saturated rings. The summed E-state index contributed by atoms with van der Waals surface area (Å²) in [5.41, 5.74) is -0.368. The van der Waals surface area contributed by atoms with Gasteiger partial charge in [-0.1, -0.05) is 17.7 Å². The number of hydrogen-bond acceptors (Lipinski definition) is 4. The molecule has 1 atom stereocenters. The third kappa shape index (κ3) is 2.40. The van der Waals surface area contributed by atoms with Crippen LogP contribution in [-0.2, 0) is 18.6 Å². The Bertz CT molecular complexity index is 1190. The number of aromatic hydroxyl groups is 1. The maximum atomic E-state index is 13.4. The van der Waals surface area contributed by atoms with Gasteiger partial charge in [0.15, 0.2) is 5.75 Å². The van der Waals surface area contributed by atoms with E-state index in [0.717, 1.165) is 6.42 Å². The normalized spacial score (nSPS) is 22.4. The summed E-state index contributed by atoms with van der Waals surface area (Å²) in [5, 5.41) is 10.6. The van der Waals surface area contributed by atoms with Crippen molar-refractivity contribution in [1.82, 2.24) is 14.4 Å². The van der Waals surface area contributed by atoms with Crippen LogP contribution in [0.4, 0.5) is 4.39 Å². The summed E-state index contributed by atoms with van der Waals surface area (Å²) in [6.45, 7) is 2.80. The maximum Gasteiger partial charge on any atom is 0.296 e. The van der Waals surface area contributed by atoms with Crippen molar-refractivity contribution in [3.63, 3.8) is 0 Å². The minimum absolute atomic E-state index is 0.0456. The lowest BCUT2D eigenvalue weighted by Crippen LogP contribution is -2.44. The van der Waals surface area contributed by atoms with E-state index in [2.05, 4.69) is 0 Å². The van der Waals surface area contributed by atoms with Crippen LogP contribution in [0.3, 0.4) is 0 Å². The van der Waals surface area contributed by atoms with E-state index >= 15 is 0 Å². The Morgan fingerprint density at radius 1 is 1.20 bits per heavy atom. The van der Waals surface area contributed by atoms with E-state index in [4.69, 9.17) is 11.6 Å². The molecule has 7 nitrogen and oxygen atoms in total. The molecule has 3 aliphatic heterocycles. The van der Waals surface area contributed by atoms with E-state index in [-0.39, 0.29) is 28.7 Å². The van der Waals surface area contributed by atoms with Crippen LogP contribution >= 0.6 is 11.6 Å². The minimum atomic E-state index is -0.805. The molecule has 1 unspecified atom stereocenters. The fraction of sp³-hybridized carbons (Fsp3) is 0.381. The number of fused-ring (bicyclic) bond motifs is 5. The molecular weight excluding hydrogens is 413 g/mol. The second-order valence-electron chi connectivity index (χ2n) is 8.19. The topological polar surface area (TPSA) is 82.9 Å². The first-order valence-corrected chi connectivity index (χ1v) is 10.2. The molecule has 0 radical (unpaired) electrons. The molecule has 0 spiro atoms. The number of nitrogens with zero attached hydrogens (tertiary/aromatic N) is 3. The SMILES string of the molecule is CC12CCCN1C(=O)c1c3c(c(O)c(=O)n12)C(=O)N(Cc1ccc(F)c(Cl)c1)CC3. The van der Waals surface area contributed by atoms with Crippen LogP contribution in [0.2, 0.25) is 5.02 Å². The van der Waals surface area contributed by atoms with Gasteiger partial charge in [0, 0.05) is 25.2 Å². The highest BCUT2D eigenvalue weighted by molar-refractivity contribution is 6.30. The van der Waals surface area contributed by atoms with Crippen molar-refractivity contribution >= 4 is 23.4 Å². The lowest BCUT2D eigenvalue weighted by atomic mass is 9.95. The molecule has 0 saturated carbocycles. The van der Waals surface area contributed by atoms with Gasteiger partial charge in [0.2, 0.25) is 0 Å². The lowest BCUT2D eigenvalue weighted by molar-refractivity contribution is 0.0604. The number of aromatic nitrogens is 1. The Hall–Kier alpha value is -2.87. The monoisotopic (exact) mass is 431 g/mol. The Morgan fingerprint density at radius 2 is 1.97 bits per heavy atom. The van der Waals surface area contributed by atoms with Crippen molar-refractivity contribution in [3.8, 4) is 5.75 Å². The summed E-state index contributed by atoms with van der Waals surface area (Å²) in [5.74, 6) is -1.97. The number of carbonyl (C=O) groups excluding carboxylic acids is 2. The number of carbonyl (C=O) groups is 2. The molecule has 9 heteroatoms. The number of hydrogen-bond donors (Lipinski definition) is 1. The molecule has 2 amide bonds. The molecule has 30 heavy (non-hydrogen) atoms. The molecule has 1 aromatic heterocycles. The highest BCUT2D eigenvalue weighted by Crippen LogP contribution is 2.43. The number of halogens is 2. The molecule has 2 aromatic rings. The van der Waals surface area contributed by atoms with Gasteiger partial charge in [-0.25, -0.2) is 4.39 Å². The summed E-state index contributed by atoms with van der Waals surface area (Å²) in [6.07, 6.45) is 1.73. The van der Waals surface area contributed by atoms with Crippen molar-refractivity contribution in [2.75, 3.05) is 13.1 Å². The van der Waals surface area contributed by atoms with Gasteiger partial charge in [0.05, 0.1) is 10.6 Å². The van der Waals surface area contributed by atoms with Crippen molar-refractivity contribution < 1.29 is 19.1 Å². The first-order valence-electron chi connectivity index (χ1n) is 9.80. The van der Waals surface area contributed by atoms with E-state index in [1.807, 2.05) is 6.92 Å². The van der Waals surface area contributed by atoms with E-state index in [0.29, 0.717) is 37.1 Å². The van der Waals surface area contributed by atoms with E-state index in [9.17, 15) is 23.9 Å². The Kier molecular flexibility index (Phi) is 4.02. The standard InChI is InChI=1S/C21H19ClFN3O4/c1-21-6-2-7-25(21)19(29)16-12-5-8-24(10-11-3-4-14(23)13(22)9-11)18(28)15(12)17(27)20(30)26(16)21/h3-4,9,27H,2,5-8,10H2,1H3. The zero-order valence-corrected chi connectivity index (χ0v) is 17.0. The second-order valence-corrected chi connectivity index (χ2v) is 8.60. The van der Waals surface area contributed by atoms with Crippen molar-refractivity contribution in [2.24, 2.45) is 0 Å². The van der Waals surface area contributed by atoms with Gasteiger partial charge >= 0.3 is 0 Å². The number of rotatable bonds is 2. The average Bonchev–Trinajstić information content (AvgIpc) is 3.19. The van der Waals surface area contributed by atoms with Crippen molar-refractivity contribution in [1.29, 1.82) is 0 Å². The van der Waals surface area contributed by atoms with Crippen LogP contribution in [0, 0.1) is 5.82 Å². The highest BCUT2D eigenvalue weighted by Gasteiger charge is 2.52. The van der Waals surface area contributed by atoms with Crippen LogP contribution in [0.5, 0.6) is 5.75 Å². The quantitative estimate of drug-likeness (QED) is 0.791. The van der Waals surface area contributed by atoms with Crippen LogP contribution in [0.15, 0.2) is 23.0 Å². The van der Waals surface area contributed by atoms with E-state index in [1.165, 1.54) is 27.7 Å². The average molecular weight is 432 g/mol. The Balaban J connectivity index is 1.59. The first kappa shape index (κ1) is 19.1. The molecule has 1 saturated heterocycles. The molecule has 0 aliphatic carbocycles. The van der Waals surface area contributed by atoms with Gasteiger partial charge in [-0.15, -0.1) is 0 Å². The fourth-order valence-electron chi connectivity index (χ4n) is 5.01.